The van der Waals surface area contributed by atoms with E-state index in [1.165, 1.54) is 10.7 Å². The Kier molecular flexibility index (Phi) is 5.61. The van der Waals surface area contributed by atoms with Gasteiger partial charge in [0.25, 0.3) is 5.91 Å². The van der Waals surface area contributed by atoms with Crippen molar-refractivity contribution in [3.05, 3.63) is 108 Å². The molecule has 8 heteroatoms. The van der Waals surface area contributed by atoms with Gasteiger partial charge in [-0.15, -0.1) is 0 Å². The smallest absolute Gasteiger partial charge is 0.291 e. The van der Waals surface area contributed by atoms with Crippen LogP contribution in [0.2, 0.25) is 0 Å². The van der Waals surface area contributed by atoms with E-state index in [-0.39, 0.29) is 24.0 Å². The van der Waals surface area contributed by atoms with Crippen molar-refractivity contribution >= 4 is 34.2 Å². The summed E-state index contributed by atoms with van der Waals surface area (Å²) in [6.45, 7) is 0. The predicted octanol–water partition coefficient (Wildman–Crippen LogP) is 5.19. The highest BCUT2D eigenvalue weighted by atomic mass is 19.1. The average Bonchev–Trinajstić information content (AvgIpc) is 3.50. The van der Waals surface area contributed by atoms with Crippen LogP contribution in [0.25, 0.3) is 16.7 Å². The molecular weight excluding hydrogens is 435 g/mol. The van der Waals surface area contributed by atoms with Gasteiger partial charge in [0.15, 0.2) is 11.6 Å². The van der Waals surface area contributed by atoms with Gasteiger partial charge < -0.3 is 15.1 Å². The molecule has 168 valence electrons. The van der Waals surface area contributed by atoms with Gasteiger partial charge in [0.05, 0.1) is 6.42 Å². The van der Waals surface area contributed by atoms with Gasteiger partial charge >= 0.3 is 0 Å². The van der Waals surface area contributed by atoms with Crippen LogP contribution in [-0.4, -0.2) is 21.6 Å². The molecule has 0 spiro atoms. The van der Waals surface area contributed by atoms with Crippen LogP contribution in [0.5, 0.6) is 0 Å². The number of nitrogens with zero attached hydrogens (tertiary/aromatic N) is 2. The lowest BCUT2D eigenvalue weighted by Crippen LogP contribution is -2.15. The Morgan fingerprint density at radius 2 is 1.71 bits per heavy atom. The van der Waals surface area contributed by atoms with Crippen LogP contribution in [0, 0.1) is 5.82 Å². The molecule has 0 saturated carbocycles. The second kappa shape index (κ2) is 9.03. The zero-order valence-corrected chi connectivity index (χ0v) is 17.9. The predicted molar refractivity (Wildman–Crippen MR) is 126 cm³/mol. The third-order valence-electron chi connectivity index (χ3n) is 5.21. The molecule has 34 heavy (non-hydrogen) atoms. The summed E-state index contributed by atoms with van der Waals surface area (Å²) >= 11 is 0. The van der Waals surface area contributed by atoms with Crippen molar-refractivity contribution in [3.63, 3.8) is 0 Å². The van der Waals surface area contributed by atoms with Crippen molar-refractivity contribution in [3.8, 4) is 5.69 Å². The van der Waals surface area contributed by atoms with Gasteiger partial charge in [-0.2, -0.15) is 5.10 Å². The van der Waals surface area contributed by atoms with Gasteiger partial charge in [-0.05, 0) is 54.1 Å². The highest BCUT2D eigenvalue weighted by molar-refractivity contribution is 6.04. The van der Waals surface area contributed by atoms with Crippen molar-refractivity contribution in [1.82, 2.24) is 9.78 Å². The molecule has 2 aromatic heterocycles. The standard InChI is InChI=1S/C26H19FN4O3/c27-21-16-20(10-11-22(21)31-13-3-12-28-31)29-25(32)14-17-6-8-19(9-7-17)30-26(33)24-15-18-4-1-2-5-23(18)34-24/h1-13,15-16H,14H2,(H,29,32)(H,30,33). The number of carbonyl (C=O) groups is 2. The highest BCUT2D eigenvalue weighted by Crippen LogP contribution is 2.21. The zero-order valence-electron chi connectivity index (χ0n) is 17.9. The molecule has 0 radical (unpaired) electrons. The molecule has 0 fully saturated rings. The lowest BCUT2D eigenvalue weighted by atomic mass is 10.1. The number of halogens is 1. The van der Waals surface area contributed by atoms with Crippen LogP contribution >= 0.6 is 0 Å². The summed E-state index contributed by atoms with van der Waals surface area (Å²) in [4.78, 5) is 24.9. The molecule has 0 aliphatic carbocycles. The first-order valence-corrected chi connectivity index (χ1v) is 10.5. The lowest BCUT2D eigenvalue weighted by Gasteiger charge is -2.09. The Morgan fingerprint density at radius 3 is 2.44 bits per heavy atom. The molecular formula is C26H19FN4O3. The zero-order chi connectivity index (χ0) is 23.5. The van der Waals surface area contributed by atoms with Crippen molar-refractivity contribution < 1.29 is 18.4 Å². The second-order valence-corrected chi connectivity index (χ2v) is 7.64. The van der Waals surface area contributed by atoms with Crippen molar-refractivity contribution in [2.24, 2.45) is 0 Å². The topological polar surface area (TPSA) is 89.2 Å². The number of hydrogen-bond acceptors (Lipinski definition) is 4. The van der Waals surface area contributed by atoms with E-state index < -0.39 is 5.82 Å². The van der Waals surface area contributed by atoms with Gasteiger partial charge in [0.1, 0.15) is 11.3 Å². The minimum atomic E-state index is -0.494. The molecule has 0 saturated heterocycles. The van der Waals surface area contributed by atoms with Crippen molar-refractivity contribution in [2.75, 3.05) is 10.6 Å². The number of para-hydroxylation sites is 1. The summed E-state index contributed by atoms with van der Waals surface area (Å²) in [6.07, 6.45) is 3.30. The average molecular weight is 454 g/mol. The van der Waals surface area contributed by atoms with Crippen LogP contribution < -0.4 is 10.6 Å². The van der Waals surface area contributed by atoms with Gasteiger partial charge in [-0.1, -0.05) is 30.3 Å². The number of furan rings is 1. The number of hydrogen-bond donors (Lipinski definition) is 2. The van der Waals surface area contributed by atoms with E-state index in [4.69, 9.17) is 4.42 Å². The molecule has 0 bridgehead atoms. The monoisotopic (exact) mass is 454 g/mol. The van der Waals surface area contributed by atoms with Gasteiger partial charge in [0.2, 0.25) is 5.91 Å². The summed E-state index contributed by atoms with van der Waals surface area (Å²) in [5.74, 6) is -0.922. The maximum Gasteiger partial charge on any atom is 0.291 e. The number of aromatic nitrogens is 2. The minimum absolute atomic E-state index is 0.0975. The van der Waals surface area contributed by atoms with Crippen LogP contribution in [-0.2, 0) is 11.2 Å². The fourth-order valence-corrected chi connectivity index (χ4v) is 3.56. The molecule has 7 nitrogen and oxygen atoms in total. The number of nitrogens with one attached hydrogen (secondary N) is 2. The molecule has 0 atom stereocenters. The van der Waals surface area contributed by atoms with Crippen LogP contribution in [0.3, 0.4) is 0 Å². The molecule has 0 aliphatic heterocycles. The third kappa shape index (κ3) is 4.56. The first kappa shape index (κ1) is 21.1. The number of carbonyl (C=O) groups excluding carboxylic acids is 2. The van der Waals surface area contributed by atoms with Crippen molar-refractivity contribution in [2.45, 2.75) is 6.42 Å². The number of benzene rings is 3. The molecule has 0 unspecified atom stereocenters. The van der Waals surface area contributed by atoms with E-state index in [0.717, 1.165) is 10.9 Å². The summed E-state index contributed by atoms with van der Waals surface area (Å²) in [5.41, 5.74) is 2.61. The van der Waals surface area contributed by atoms with Crippen LogP contribution in [0.15, 0.2) is 95.7 Å². The lowest BCUT2D eigenvalue weighted by molar-refractivity contribution is -0.115. The summed E-state index contributed by atoms with van der Waals surface area (Å²) in [5, 5.41) is 10.3. The van der Waals surface area contributed by atoms with E-state index in [0.29, 0.717) is 22.6 Å². The van der Waals surface area contributed by atoms with E-state index in [2.05, 4.69) is 15.7 Å². The van der Waals surface area contributed by atoms with E-state index in [1.807, 2.05) is 18.2 Å². The number of anilines is 2. The Hall–Kier alpha value is -4.72. The normalized spacial score (nSPS) is 10.9. The Balaban J connectivity index is 1.19. The summed E-state index contributed by atoms with van der Waals surface area (Å²) < 4.78 is 21.4. The van der Waals surface area contributed by atoms with Crippen molar-refractivity contribution in [1.29, 1.82) is 0 Å². The van der Waals surface area contributed by atoms with Gasteiger partial charge in [0, 0.05) is 29.2 Å². The molecule has 5 rings (SSSR count). The maximum atomic E-state index is 14.4. The molecule has 2 N–H and O–H groups in total. The Bertz CT molecular complexity index is 1440. The first-order chi connectivity index (χ1) is 16.5. The number of amides is 2. The Labute approximate surface area is 193 Å². The molecule has 0 aliphatic rings. The van der Waals surface area contributed by atoms with Gasteiger partial charge in [-0.3, -0.25) is 9.59 Å². The molecule has 2 amide bonds. The van der Waals surface area contributed by atoms with E-state index in [9.17, 15) is 14.0 Å². The third-order valence-corrected chi connectivity index (χ3v) is 5.21. The molecule has 3 aromatic carbocycles. The Morgan fingerprint density at radius 1 is 0.912 bits per heavy atom. The highest BCUT2D eigenvalue weighted by Gasteiger charge is 2.13. The fourth-order valence-electron chi connectivity index (χ4n) is 3.56. The number of rotatable bonds is 6. The summed E-state index contributed by atoms with van der Waals surface area (Å²) in [6, 6.07) is 22.1. The number of fused-ring (bicyclic) bond motifs is 1. The fraction of sp³-hybridized carbons (Fsp3) is 0.0385. The second-order valence-electron chi connectivity index (χ2n) is 7.64. The first-order valence-electron chi connectivity index (χ1n) is 10.5. The van der Waals surface area contributed by atoms with E-state index >= 15 is 0 Å². The van der Waals surface area contributed by atoms with Crippen LogP contribution in [0.1, 0.15) is 16.1 Å². The largest absolute Gasteiger partial charge is 0.451 e. The molecule has 2 heterocycles. The van der Waals surface area contributed by atoms with E-state index in [1.54, 1.807) is 67.0 Å². The molecule has 5 aromatic rings. The SMILES string of the molecule is O=C(Cc1ccc(NC(=O)c2cc3ccccc3o2)cc1)Nc1ccc(-n2cccn2)c(F)c1. The minimum Gasteiger partial charge on any atom is -0.451 e. The van der Waals surface area contributed by atoms with Gasteiger partial charge in [-0.25, -0.2) is 9.07 Å². The summed E-state index contributed by atoms with van der Waals surface area (Å²) in [7, 11) is 0. The maximum absolute atomic E-state index is 14.4. The quantitative estimate of drug-likeness (QED) is 0.370. The van der Waals surface area contributed by atoms with Crippen LogP contribution in [0.4, 0.5) is 15.8 Å².